The Morgan fingerprint density at radius 1 is 1.21 bits per heavy atom. The Kier molecular flexibility index (Phi) is 5.44. The Bertz CT molecular complexity index is 793. The molecular weight excluding hydrogens is 399 g/mol. The third-order valence-corrected chi connectivity index (χ3v) is 6.42. The molecule has 1 aromatic carbocycles. The third-order valence-electron chi connectivity index (χ3n) is 6.11. The van der Waals surface area contributed by atoms with Crippen LogP contribution in [0, 0.1) is 5.82 Å². The molecule has 2 amide bonds. The van der Waals surface area contributed by atoms with Crippen molar-refractivity contribution < 1.29 is 18.7 Å². The number of rotatable bonds is 7. The lowest BCUT2D eigenvalue weighted by Crippen LogP contribution is -2.84. The standard InChI is InChI=1S/C20H26ClFN4O3/c1-2-12-6-24-16(7-23-12)18(28)26-20-9-19(10-20,11-20)25-17(27)8-29-13-3-4-14(21)15(22)5-13/h3-5,12,16,23-24H,2,6-11H2,1H3,(H,25,27)(H,26,28). The van der Waals surface area contributed by atoms with Crippen molar-refractivity contribution in [1.82, 2.24) is 21.3 Å². The minimum absolute atomic E-state index is 0.00685. The van der Waals surface area contributed by atoms with E-state index in [4.69, 9.17) is 16.3 Å². The number of amides is 2. The van der Waals surface area contributed by atoms with Gasteiger partial charge in [0.1, 0.15) is 11.6 Å². The number of benzene rings is 1. The van der Waals surface area contributed by atoms with Gasteiger partial charge in [-0.15, -0.1) is 0 Å². The minimum atomic E-state index is -0.588. The SMILES string of the molecule is CCC1CNC(C(=O)NC23CC(NC(=O)COc4ccc(Cl)c(F)c4)(C2)C3)CN1. The van der Waals surface area contributed by atoms with Crippen LogP contribution in [0.15, 0.2) is 18.2 Å². The van der Waals surface area contributed by atoms with Crippen molar-refractivity contribution in [3.63, 3.8) is 0 Å². The Morgan fingerprint density at radius 3 is 2.55 bits per heavy atom. The molecule has 7 nitrogen and oxygen atoms in total. The van der Waals surface area contributed by atoms with E-state index in [2.05, 4.69) is 28.2 Å². The van der Waals surface area contributed by atoms with Gasteiger partial charge in [0.25, 0.3) is 5.91 Å². The van der Waals surface area contributed by atoms with E-state index < -0.39 is 5.82 Å². The van der Waals surface area contributed by atoms with E-state index in [1.807, 2.05) is 0 Å². The Balaban J connectivity index is 1.18. The van der Waals surface area contributed by atoms with Crippen LogP contribution in [-0.4, -0.2) is 54.7 Å². The minimum Gasteiger partial charge on any atom is -0.484 e. The molecule has 0 spiro atoms. The Hall–Kier alpha value is -1.90. The number of ether oxygens (including phenoxy) is 1. The second-order valence-electron chi connectivity index (χ2n) is 8.47. The fourth-order valence-corrected chi connectivity index (χ4v) is 4.75. The average molecular weight is 425 g/mol. The van der Waals surface area contributed by atoms with Gasteiger partial charge in [-0.3, -0.25) is 9.59 Å². The highest BCUT2D eigenvalue weighted by atomic mass is 35.5. The monoisotopic (exact) mass is 424 g/mol. The number of piperazine rings is 1. The van der Waals surface area contributed by atoms with Crippen LogP contribution in [0.5, 0.6) is 5.75 Å². The van der Waals surface area contributed by atoms with E-state index in [-0.39, 0.29) is 46.3 Å². The molecule has 4 N–H and O–H groups in total. The fraction of sp³-hybridized carbons (Fsp3) is 0.600. The second-order valence-corrected chi connectivity index (χ2v) is 8.87. The summed E-state index contributed by atoms with van der Waals surface area (Å²) in [5.74, 6) is -0.583. The van der Waals surface area contributed by atoms with Crippen LogP contribution in [0.4, 0.5) is 4.39 Å². The maximum atomic E-state index is 13.4. The summed E-state index contributed by atoms with van der Waals surface area (Å²) in [6, 6.07) is 4.25. The topological polar surface area (TPSA) is 91.5 Å². The zero-order chi connectivity index (χ0) is 20.6. The lowest BCUT2D eigenvalue weighted by atomic mass is 9.44. The first-order chi connectivity index (χ1) is 13.8. The summed E-state index contributed by atoms with van der Waals surface area (Å²) in [5, 5.41) is 12.8. The summed E-state index contributed by atoms with van der Waals surface area (Å²) in [5.41, 5.74) is -0.460. The first-order valence-electron chi connectivity index (χ1n) is 10.00. The molecule has 9 heteroatoms. The highest BCUT2D eigenvalue weighted by molar-refractivity contribution is 6.30. The van der Waals surface area contributed by atoms with Gasteiger partial charge in [-0.25, -0.2) is 4.39 Å². The highest BCUT2D eigenvalue weighted by Gasteiger charge is 2.69. The van der Waals surface area contributed by atoms with Crippen LogP contribution in [-0.2, 0) is 9.59 Å². The maximum absolute atomic E-state index is 13.4. The molecule has 3 saturated carbocycles. The molecule has 4 aliphatic rings. The number of carbonyl (C=O) groups is 2. The molecule has 158 valence electrons. The van der Waals surface area contributed by atoms with Crippen molar-refractivity contribution in [2.75, 3.05) is 19.7 Å². The molecule has 2 unspecified atom stereocenters. The van der Waals surface area contributed by atoms with Gasteiger partial charge >= 0.3 is 0 Å². The lowest BCUT2D eigenvalue weighted by molar-refractivity contribution is -0.151. The molecule has 3 aliphatic carbocycles. The van der Waals surface area contributed by atoms with Crippen molar-refractivity contribution in [3.05, 3.63) is 29.0 Å². The van der Waals surface area contributed by atoms with Crippen molar-refractivity contribution in [2.24, 2.45) is 0 Å². The molecule has 5 rings (SSSR count). The van der Waals surface area contributed by atoms with Gasteiger partial charge in [0, 0.05) is 36.3 Å². The number of hydrogen-bond donors (Lipinski definition) is 4. The van der Waals surface area contributed by atoms with Gasteiger partial charge in [0.05, 0.1) is 11.1 Å². The summed E-state index contributed by atoms with van der Waals surface area (Å²) in [6.07, 6.45) is 3.21. The maximum Gasteiger partial charge on any atom is 0.258 e. The van der Waals surface area contributed by atoms with Crippen molar-refractivity contribution in [1.29, 1.82) is 0 Å². The summed E-state index contributed by atoms with van der Waals surface area (Å²) >= 11 is 5.63. The molecule has 2 bridgehead atoms. The Labute approximate surface area is 174 Å². The quantitative estimate of drug-likeness (QED) is 0.526. The zero-order valence-corrected chi connectivity index (χ0v) is 17.1. The highest BCUT2D eigenvalue weighted by Crippen LogP contribution is 2.60. The molecular formula is C20H26ClFN4O3. The molecule has 1 saturated heterocycles. The van der Waals surface area contributed by atoms with Crippen LogP contribution in [0.2, 0.25) is 5.02 Å². The van der Waals surface area contributed by atoms with E-state index in [0.717, 1.165) is 38.3 Å². The molecule has 1 aliphatic heterocycles. The molecule has 1 heterocycles. The third kappa shape index (κ3) is 4.20. The van der Waals surface area contributed by atoms with Crippen LogP contribution in [0.3, 0.4) is 0 Å². The number of halogens is 2. The predicted molar refractivity (Wildman–Crippen MR) is 106 cm³/mol. The van der Waals surface area contributed by atoms with Crippen LogP contribution in [0.25, 0.3) is 0 Å². The van der Waals surface area contributed by atoms with Crippen LogP contribution >= 0.6 is 11.6 Å². The van der Waals surface area contributed by atoms with Gasteiger partial charge in [-0.2, -0.15) is 0 Å². The van der Waals surface area contributed by atoms with Gasteiger partial charge < -0.3 is 26.0 Å². The summed E-state index contributed by atoms with van der Waals surface area (Å²) < 4.78 is 18.7. The molecule has 2 atom stereocenters. The van der Waals surface area contributed by atoms with E-state index in [0.29, 0.717) is 12.6 Å². The normalized spacial score (nSPS) is 32.5. The van der Waals surface area contributed by atoms with E-state index >= 15 is 0 Å². The predicted octanol–water partition coefficient (Wildman–Crippen LogP) is 1.11. The first kappa shape index (κ1) is 20.4. The first-order valence-corrected chi connectivity index (χ1v) is 10.4. The molecule has 1 aromatic rings. The molecule has 29 heavy (non-hydrogen) atoms. The van der Waals surface area contributed by atoms with Gasteiger partial charge in [0.2, 0.25) is 5.91 Å². The van der Waals surface area contributed by atoms with Crippen LogP contribution < -0.4 is 26.0 Å². The smallest absolute Gasteiger partial charge is 0.258 e. The average Bonchev–Trinajstić information content (AvgIpc) is 2.66. The number of nitrogens with one attached hydrogen (secondary N) is 4. The summed E-state index contributed by atoms with van der Waals surface area (Å²) in [6.45, 7) is 3.34. The van der Waals surface area contributed by atoms with Crippen molar-refractivity contribution >= 4 is 23.4 Å². The van der Waals surface area contributed by atoms with Gasteiger partial charge in [-0.1, -0.05) is 18.5 Å². The largest absolute Gasteiger partial charge is 0.484 e. The lowest BCUT2D eigenvalue weighted by Gasteiger charge is -2.70. The molecule has 0 aromatic heterocycles. The van der Waals surface area contributed by atoms with Gasteiger partial charge in [-0.05, 0) is 37.8 Å². The summed E-state index contributed by atoms with van der Waals surface area (Å²) in [7, 11) is 0. The second kappa shape index (κ2) is 7.74. The number of carbonyl (C=O) groups excluding carboxylic acids is 2. The van der Waals surface area contributed by atoms with Crippen molar-refractivity contribution in [2.45, 2.75) is 55.8 Å². The summed E-state index contributed by atoms with van der Waals surface area (Å²) in [4.78, 5) is 24.7. The van der Waals surface area contributed by atoms with E-state index in [1.165, 1.54) is 12.1 Å². The van der Waals surface area contributed by atoms with E-state index in [1.54, 1.807) is 0 Å². The molecule has 4 fully saturated rings. The van der Waals surface area contributed by atoms with Gasteiger partial charge in [0.15, 0.2) is 6.61 Å². The Morgan fingerprint density at radius 2 is 1.93 bits per heavy atom. The fourth-order valence-electron chi connectivity index (χ4n) is 4.64. The zero-order valence-electron chi connectivity index (χ0n) is 16.3. The van der Waals surface area contributed by atoms with Crippen molar-refractivity contribution in [3.8, 4) is 5.75 Å². The molecule has 0 radical (unpaired) electrons. The van der Waals surface area contributed by atoms with E-state index in [9.17, 15) is 14.0 Å². The number of hydrogen-bond acceptors (Lipinski definition) is 5. The van der Waals surface area contributed by atoms with Crippen LogP contribution in [0.1, 0.15) is 32.6 Å².